The van der Waals surface area contributed by atoms with Gasteiger partial charge < -0.3 is 29.7 Å². The van der Waals surface area contributed by atoms with E-state index in [4.69, 9.17) is 9.47 Å². The Balaban J connectivity index is 1.39. The maximum absolute atomic E-state index is 12.7. The van der Waals surface area contributed by atoms with Crippen LogP contribution in [0.3, 0.4) is 0 Å². The third kappa shape index (κ3) is 6.84. The zero-order valence-electron chi connectivity index (χ0n) is 20.1. The number of likely N-dealkylation sites (tertiary alicyclic amines) is 2. The van der Waals surface area contributed by atoms with Crippen molar-refractivity contribution in [2.24, 2.45) is 5.92 Å². The lowest BCUT2D eigenvalue weighted by atomic mass is 10.0. The first-order valence-corrected chi connectivity index (χ1v) is 12.9. The fourth-order valence-electron chi connectivity index (χ4n) is 5.35. The summed E-state index contributed by atoms with van der Waals surface area (Å²) in [5.41, 5.74) is 0.755. The first-order valence-electron chi connectivity index (χ1n) is 12.9. The number of nitrogens with zero attached hydrogens (tertiary/aromatic N) is 2. The third-order valence-electron chi connectivity index (χ3n) is 7.18. The minimum atomic E-state index is -0.798. The standard InChI is InChI=1S/C26H41N3O4/c1-2-3-4-7-25(30)27-22(19-29-13-10-20(18-29)17-28-11-5-6-12-28)26(31)21-8-9-23-24(16-21)33-15-14-32-23/h8-9,16,20,22,26,31H,2-7,10-15,17-19H2,1H3,(H,27,30)/t20?,22-,26-/m1/s1. The second kappa shape index (κ2) is 12.0. The zero-order valence-corrected chi connectivity index (χ0v) is 20.1. The van der Waals surface area contributed by atoms with Gasteiger partial charge in [0.15, 0.2) is 11.5 Å². The van der Waals surface area contributed by atoms with Crippen molar-refractivity contribution < 1.29 is 19.4 Å². The highest BCUT2D eigenvalue weighted by molar-refractivity contribution is 5.76. The monoisotopic (exact) mass is 459 g/mol. The molecular formula is C26H41N3O4. The number of carbonyl (C=O) groups excluding carboxylic acids is 1. The summed E-state index contributed by atoms with van der Waals surface area (Å²) in [6.45, 7) is 9.54. The van der Waals surface area contributed by atoms with Gasteiger partial charge in [0.05, 0.1) is 6.04 Å². The second-order valence-corrected chi connectivity index (χ2v) is 9.90. The summed E-state index contributed by atoms with van der Waals surface area (Å²) in [6, 6.07) is 5.24. The van der Waals surface area contributed by atoms with E-state index in [1.165, 1.54) is 38.9 Å². The highest BCUT2D eigenvalue weighted by Crippen LogP contribution is 2.33. The largest absolute Gasteiger partial charge is 0.486 e. The molecule has 33 heavy (non-hydrogen) atoms. The molecular weight excluding hydrogens is 418 g/mol. The van der Waals surface area contributed by atoms with E-state index in [1.54, 1.807) is 0 Å². The Kier molecular flexibility index (Phi) is 8.87. The van der Waals surface area contributed by atoms with Gasteiger partial charge in [0.25, 0.3) is 0 Å². The van der Waals surface area contributed by atoms with Crippen molar-refractivity contribution in [2.45, 2.75) is 64.0 Å². The molecule has 4 rings (SSSR count). The van der Waals surface area contributed by atoms with Gasteiger partial charge in [-0.25, -0.2) is 0 Å². The molecule has 0 aromatic heterocycles. The second-order valence-electron chi connectivity index (χ2n) is 9.90. The molecule has 1 aromatic rings. The van der Waals surface area contributed by atoms with Crippen molar-refractivity contribution in [3.63, 3.8) is 0 Å². The molecule has 0 spiro atoms. The van der Waals surface area contributed by atoms with Crippen LogP contribution >= 0.6 is 0 Å². The van der Waals surface area contributed by atoms with E-state index in [2.05, 4.69) is 22.0 Å². The van der Waals surface area contributed by atoms with Gasteiger partial charge >= 0.3 is 0 Å². The van der Waals surface area contributed by atoms with E-state index in [0.29, 0.717) is 43.6 Å². The molecule has 7 nitrogen and oxygen atoms in total. The van der Waals surface area contributed by atoms with Gasteiger partial charge in [0.1, 0.15) is 19.3 Å². The Bertz CT molecular complexity index is 768. The third-order valence-corrected chi connectivity index (χ3v) is 7.18. The number of amides is 1. The van der Waals surface area contributed by atoms with Crippen LogP contribution in [0.2, 0.25) is 0 Å². The van der Waals surface area contributed by atoms with E-state index >= 15 is 0 Å². The van der Waals surface area contributed by atoms with Gasteiger partial charge in [-0.2, -0.15) is 0 Å². The number of aliphatic hydroxyl groups is 1. The van der Waals surface area contributed by atoms with Crippen LogP contribution in [-0.4, -0.2) is 79.3 Å². The SMILES string of the molecule is CCCCCC(=O)N[C@H](CN1CCC(CN2CCCC2)C1)[C@H](O)c1ccc2c(c1)OCCO2. The minimum absolute atomic E-state index is 0.0258. The number of unbranched alkanes of at least 4 members (excludes halogenated alkanes) is 2. The van der Waals surface area contributed by atoms with E-state index < -0.39 is 6.10 Å². The molecule has 1 amide bonds. The lowest BCUT2D eigenvalue weighted by molar-refractivity contribution is -0.123. The Morgan fingerprint density at radius 2 is 1.91 bits per heavy atom. The lowest BCUT2D eigenvalue weighted by Crippen LogP contribution is -2.47. The first-order chi connectivity index (χ1) is 16.1. The molecule has 3 atom stereocenters. The molecule has 184 valence electrons. The molecule has 0 aliphatic carbocycles. The number of carbonyl (C=O) groups is 1. The van der Waals surface area contributed by atoms with Crippen molar-refractivity contribution in [2.75, 3.05) is 52.5 Å². The average Bonchev–Trinajstić information content (AvgIpc) is 3.50. The summed E-state index contributed by atoms with van der Waals surface area (Å²) < 4.78 is 11.3. The van der Waals surface area contributed by atoms with E-state index in [0.717, 1.165) is 37.9 Å². The van der Waals surface area contributed by atoms with Crippen LogP contribution in [0.15, 0.2) is 18.2 Å². The van der Waals surface area contributed by atoms with Gasteiger partial charge in [-0.3, -0.25) is 4.79 Å². The van der Waals surface area contributed by atoms with Crippen molar-refractivity contribution in [1.82, 2.24) is 15.1 Å². The molecule has 7 heteroatoms. The highest BCUT2D eigenvalue weighted by Gasteiger charge is 2.31. The smallest absolute Gasteiger partial charge is 0.220 e. The molecule has 1 unspecified atom stereocenters. The normalized spacial score (nSPS) is 22.9. The van der Waals surface area contributed by atoms with E-state index in [9.17, 15) is 9.90 Å². The molecule has 3 aliphatic rings. The Hall–Kier alpha value is -1.83. The molecule has 2 fully saturated rings. The number of nitrogens with one attached hydrogen (secondary N) is 1. The van der Waals surface area contributed by atoms with Crippen LogP contribution in [0.4, 0.5) is 0 Å². The number of rotatable bonds is 11. The van der Waals surface area contributed by atoms with Gasteiger partial charge in [0.2, 0.25) is 5.91 Å². The highest BCUT2D eigenvalue weighted by atomic mass is 16.6. The summed E-state index contributed by atoms with van der Waals surface area (Å²) >= 11 is 0. The minimum Gasteiger partial charge on any atom is -0.486 e. The van der Waals surface area contributed by atoms with Gasteiger partial charge in [-0.05, 0) is 68.9 Å². The van der Waals surface area contributed by atoms with Crippen LogP contribution in [0.25, 0.3) is 0 Å². The molecule has 3 aliphatic heterocycles. The number of hydrogen-bond acceptors (Lipinski definition) is 6. The fourth-order valence-corrected chi connectivity index (χ4v) is 5.35. The first kappa shape index (κ1) is 24.3. The van der Waals surface area contributed by atoms with Crippen molar-refractivity contribution in [3.05, 3.63) is 23.8 Å². The Morgan fingerprint density at radius 1 is 1.12 bits per heavy atom. The van der Waals surface area contributed by atoms with Gasteiger partial charge in [-0.15, -0.1) is 0 Å². The fraction of sp³-hybridized carbons (Fsp3) is 0.731. The van der Waals surface area contributed by atoms with E-state index in [1.807, 2.05) is 18.2 Å². The summed E-state index contributed by atoms with van der Waals surface area (Å²) in [4.78, 5) is 17.7. The number of fused-ring (bicyclic) bond motifs is 1. The molecule has 0 radical (unpaired) electrons. The number of aliphatic hydroxyl groups excluding tert-OH is 1. The molecule has 0 bridgehead atoms. The summed E-state index contributed by atoms with van der Waals surface area (Å²) in [5.74, 6) is 2.08. The zero-order chi connectivity index (χ0) is 23.0. The van der Waals surface area contributed by atoms with Crippen molar-refractivity contribution in [3.8, 4) is 11.5 Å². The number of ether oxygens (including phenoxy) is 2. The van der Waals surface area contributed by atoms with Crippen LogP contribution in [0.5, 0.6) is 11.5 Å². The van der Waals surface area contributed by atoms with Gasteiger partial charge in [-0.1, -0.05) is 25.8 Å². The Morgan fingerprint density at radius 3 is 2.70 bits per heavy atom. The van der Waals surface area contributed by atoms with Gasteiger partial charge in [0, 0.05) is 26.1 Å². The van der Waals surface area contributed by atoms with Crippen LogP contribution in [0, 0.1) is 5.92 Å². The average molecular weight is 460 g/mol. The maximum Gasteiger partial charge on any atom is 0.220 e. The van der Waals surface area contributed by atoms with Crippen LogP contribution < -0.4 is 14.8 Å². The van der Waals surface area contributed by atoms with Crippen LogP contribution in [-0.2, 0) is 4.79 Å². The predicted molar refractivity (Wildman–Crippen MR) is 129 cm³/mol. The number of benzene rings is 1. The topological polar surface area (TPSA) is 74.3 Å². The predicted octanol–water partition coefficient (Wildman–Crippen LogP) is 2.97. The summed E-state index contributed by atoms with van der Waals surface area (Å²) in [7, 11) is 0. The molecule has 2 N–H and O–H groups in total. The maximum atomic E-state index is 12.7. The summed E-state index contributed by atoms with van der Waals surface area (Å²) in [5, 5.41) is 14.5. The molecule has 3 heterocycles. The van der Waals surface area contributed by atoms with Crippen molar-refractivity contribution >= 4 is 5.91 Å². The lowest BCUT2D eigenvalue weighted by Gasteiger charge is -2.30. The number of hydrogen-bond donors (Lipinski definition) is 2. The van der Waals surface area contributed by atoms with E-state index in [-0.39, 0.29) is 11.9 Å². The van der Waals surface area contributed by atoms with Crippen molar-refractivity contribution in [1.29, 1.82) is 0 Å². The quantitative estimate of drug-likeness (QED) is 0.496. The summed E-state index contributed by atoms with van der Waals surface area (Å²) in [6.07, 6.45) is 6.57. The molecule has 1 aromatic carbocycles. The molecule has 2 saturated heterocycles. The molecule has 0 saturated carbocycles. The van der Waals surface area contributed by atoms with Crippen LogP contribution in [0.1, 0.15) is 63.5 Å². The Labute approximate surface area is 198 Å².